The summed E-state index contributed by atoms with van der Waals surface area (Å²) in [5, 5.41) is 22.6. The summed E-state index contributed by atoms with van der Waals surface area (Å²) in [5.41, 5.74) is -0.643. The van der Waals surface area contributed by atoms with E-state index < -0.39 is 30.4 Å². The first-order valence-electron chi connectivity index (χ1n) is 11.1. The van der Waals surface area contributed by atoms with Crippen molar-refractivity contribution in [3.05, 3.63) is 21.9 Å². The second-order valence-corrected chi connectivity index (χ2v) is 9.72. The molecule has 0 radical (unpaired) electrons. The van der Waals surface area contributed by atoms with Gasteiger partial charge >= 0.3 is 6.09 Å². The molecule has 1 amide bonds. The van der Waals surface area contributed by atoms with E-state index in [4.69, 9.17) is 4.74 Å². The molecule has 0 saturated carbocycles. The van der Waals surface area contributed by atoms with Gasteiger partial charge in [-0.1, -0.05) is 63.7 Å². The van der Waals surface area contributed by atoms with Crippen LogP contribution in [0.1, 0.15) is 101 Å². The summed E-state index contributed by atoms with van der Waals surface area (Å²) in [6, 6.07) is 2.82. The Balaban J connectivity index is 2.41. The van der Waals surface area contributed by atoms with Crippen LogP contribution in [0.3, 0.4) is 0 Å². The summed E-state index contributed by atoms with van der Waals surface area (Å²) >= 11 is 1.38. The Morgan fingerprint density at radius 3 is 2.37 bits per heavy atom. The van der Waals surface area contributed by atoms with Gasteiger partial charge in [-0.25, -0.2) is 4.79 Å². The van der Waals surface area contributed by atoms with E-state index in [0.29, 0.717) is 4.88 Å². The van der Waals surface area contributed by atoms with Crippen molar-refractivity contribution in [1.82, 2.24) is 5.32 Å². The van der Waals surface area contributed by atoms with Crippen LogP contribution in [0.15, 0.2) is 12.1 Å². The largest absolute Gasteiger partial charge is 0.444 e. The molecule has 0 aliphatic rings. The molecule has 0 aliphatic carbocycles. The molecule has 1 rings (SSSR count). The van der Waals surface area contributed by atoms with Gasteiger partial charge in [-0.3, -0.25) is 0 Å². The van der Waals surface area contributed by atoms with E-state index in [1.54, 1.807) is 26.8 Å². The summed E-state index contributed by atoms with van der Waals surface area (Å²) in [4.78, 5) is 13.4. The van der Waals surface area contributed by atoms with Crippen molar-refractivity contribution >= 4 is 17.4 Å². The predicted molar refractivity (Wildman–Crippen MR) is 124 cm³/mol. The Kier molecular flexibility index (Phi) is 12.8. The molecule has 0 spiro atoms. The van der Waals surface area contributed by atoms with Crippen LogP contribution in [0.5, 0.6) is 0 Å². The zero-order valence-corrected chi connectivity index (χ0v) is 19.8. The van der Waals surface area contributed by atoms with Crippen LogP contribution in [0.25, 0.3) is 0 Å². The predicted octanol–water partition coefficient (Wildman–Crippen LogP) is 5.55. The van der Waals surface area contributed by atoms with E-state index in [2.05, 4.69) is 24.1 Å². The number of unbranched alkanes of at least 4 members (excludes halogenated alkanes) is 8. The highest BCUT2D eigenvalue weighted by Crippen LogP contribution is 2.25. The van der Waals surface area contributed by atoms with E-state index >= 15 is 0 Å². The maximum absolute atomic E-state index is 11.9. The van der Waals surface area contributed by atoms with Crippen LogP contribution >= 0.6 is 11.3 Å². The van der Waals surface area contributed by atoms with Crippen molar-refractivity contribution in [3.8, 4) is 11.8 Å². The molecular formula is C24H39NO4S. The normalized spacial score (nSPS) is 13.3. The maximum atomic E-state index is 11.9. The molecule has 0 aromatic carbocycles. The second kappa shape index (κ2) is 14.5. The Labute approximate surface area is 186 Å². The number of alkyl carbamates (subject to hydrolysis) is 1. The lowest BCUT2D eigenvalue weighted by atomic mass is 10.1. The van der Waals surface area contributed by atoms with Gasteiger partial charge in [0.25, 0.3) is 0 Å². The summed E-state index contributed by atoms with van der Waals surface area (Å²) in [5.74, 6) is 6.36. The van der Waals surface area contributed by atoms with Crippen LogP contribution in [0.2, 0.25) is 0 Å². The van der Waals surface area contributed by atoms with Crippen LogP contribution in [0.4, 0.5) is 4.79 Å². The fourth-order valence-corrected chi connectivity index (χ4v) is 3.89. The summed E-state index contributed by atoms with van der Waals surface area (Å²) in [6.45, 7) is 7.12. The zero-order chi connectivity index (χ0) is 22.4. The molecular weight excluding hydrogens is 398 g/mol. The first-order valence-corrected chi connectivity index (χ1v) is 12.0. The van der Waals surface area contributed by atoms with Crippen molar-refractivity contribution in [3.63, 3.8) is 0 Å². The van der Waals surface area contributed by atoms with Crippen LogP contribution in [0, 0.1) is 11.8 Å². The van der Waals surface area contributed by atoms with Crippen LogP contribution in [-0.4, -0.2) is 34.6 Å². The van der Waals surface area contributed by atoms with E-state index in [0.717, 1.165) is 17.7 Å². The standard InChI is InChI=1S/C24H39NO4S/c1-5-6-7-8-9-10-11-12-13-14-15-19-16-17-21(30-19)22(27)20(18-26)25-23(28)29-24(2,3)4/h16-17,20,22,26-27H,5-13,18H2,1-4H3,(H,25,28)/t20-,22-/m0/s1. The molecule has 1 aromatic heterocycles. The van der Waals surface area contributed by atoms with Gasteiger partial charge in [0.1, 0.15) is 11.7 Å². The molecule has 0 saturated heterocycles. The molecule has 6 heteroatoms. The first kappa shape index (κ1) is 26.5. The average molecular weight is 438 g/mol. The lowest BCUT2D eigenvalue weighted by molar-refractivity contribution is 0.0355. The fraction of sp³-hybridized carbons (Fsp3) is 0.708. The van der Waals surface area contributed by atoms with Gasteiger partial charge in [0.15, 0.2) is 0 Å². The van der Waals surface area contributed by atoms with Gasteiger partial charge in [-0.15, -0.1) is 11.3 Å². The smallest absolute Gasteiger partial charge is 0.408 e. The molecule has 1 aromatic rings. The highest BCUT2D eigenvalue weighted by Gasteiger charge is 2.26. The van der Waals surface area contributed by atoms with Crippen LogP contribution < -0.4 is 5.32 Å². The number of nitrogens with one attached hydrogen (secondary N) is 1. The summed E-state index contributed by atoms with van der Waals surface area (Å²) in [6.07, 6.45) is 9.49. The van der Waals surface area contributed by atoms with Crippen molar-refractivity contribution in [2.75, 3.05) is 6.61 Å². The number of rotatable bonds is 12. The molecule has 3 N–H and O–H groups in total. The molecule has 0 bridgehead atoms. The number of thiophene rings is 1. The Morgan fingerprint density at radius 2 is 1.77 bits per heavy atom. The quantitative estimate of drug-likeness (QED) is 0.296. The fourth-order valence-electron chi connectivity index (χ4n) is 2.96. The minimum Gasteiger partial charge on any atom is -0.444 e. The van der Waals surface area contributed by atoms with Gasteiger partial charge < -0.3 is 20.3 Å². The monoisotopic (exact) mass is 437 g/mol. The third kappa shape index (κ3) is 11.6. The second-order valence-electron chi connectivity index (χ2n) is 8.61. The Hall–Kier alpha value is -1.55. The number of ether oxygens (including phenoxy) is 1. The minimum absolute atomic E-state index is 0.391. The number of amides is 1. The molecule has 0 fully saturated rings. The maximum Gasteiger partial charge on any atom is 0.408 e. The zero-order valence-electron chi connectivity index (χ0n) is 19.0. The molecule has 170 valence electrons. The summed E-state index contributed by atoms with van der Waals surface area (Å²) in [7, 11) is 0. The molecule has 2 atom stereocenters. The molecule has 1 heterocycles. The lowest BCUT2D eigenvalue weighted by Crippen LogP contribution is -2.44. The van der Waals surface area contributed by atoms with Crippen LogP contribution in [-0.2, 0) is 4.74 Å². The van der Waals surface area contributed by atoms with E-state index in [9.17, 15) is 15.0 Å². The van der Waals surface area contributed by atoms with Crippen molar-refractivity contribution in [2.24, 2.45) is 0 Å². The number of carbonyl (C=O) groups excluding carboxylic acids is 1. The minimum atomic E-state index is -1.02. The number of aliphatic hydroxyl groups is 2. The molecule has 30 heavy (non-hydrogen) atoms. The van der Waals surface area contributed by atoms with Gasteiger partial charge in [0.2, 0.25) is 0 Å². The van der Waals surface area contributed by atoms with E-state index in [-0.39, 0.29) is 0 Å². The third-order valence-electron chi connectivity index (χ3n) is 4.57. The number of hydrogen-bond acceptors (Lipinski definition) is 5. The molecule has 0 aliphatic heterocycles. The summed E-state index contributed by atoms with van der Waals surface area (Å²) < 4.78 is 5.19. The Bertz CT molecular complexity index is 669. The SMILES string of the molecule is CCCCCCCCCCC#Cc1ccc([C@@H](O)[C@H](CO)NC(=O)OC(C)(C)C)s1. The Morgan fingerprint density at radius 1 is 1.13 bits per heavy atom. The first-order chi connectivity index (χ1) is 14.3. The lowest BCUT2D eigenvalue weighted by Gasteiger charge is -2.25. The number of carbonyl (C=O) groups is 1. The molecule has 5 nitrogen and oxygen atoms in total. The average Bonchev–Trinajstić information content (AvgIpc) is 3.14. The molecule has 0 unspecified atom stereocenters. The highest BCUT2D eigenvalue weighted by atomic mass is 32.1. The topological polar surface area (TPSA) is 78.8 Å². The number of aliphatic hydroxyl groups excluding tert-OH is 2. The van der Waals surface area contributed by atoms with Gasteiger partial charge in [-0.05, 0) is 39.3 Å². The van der Waals surface area contributed by atoms with E-state index in [1.807, 2.05) is 6.07 Å². The van der Waals surface area contributed by atoms with Crippen molar-refractivity contribution in [1.29, 1.82) is 0 Å². The number of hydrogen-bond donors (Lipinski definition) is 3. The van der Waals surface area contributed by atoms with E-state index in [1.165, 1.54) is 56.3 Å². The van der Waals surface area contributed by atoms with Gasteiger partial charge in [0.05, 0.1) is 17.5 Å². The third-order valence-corrected chi connectivity index (χ3v) is 5.64. The van der Waals surface area contributed by atoms with Gasteiger partial charge in [0, 0.05) is 11.3 Å². The highest BCUT2D eigenvalue weighted by molar-refractivity contribution is 7.12. The van der Waals surface area contributed by atoms with Crippen molar-refractivity contribution in [2.45, 2.75) is 103 Å². The van der Waals surface area contributed by atoms with Gasteiger partial charge in [-0.2, -0.15) is 0 Å². The van der Waals surface area contributed by atoms with Crippen molar-refractivity contribution < 1.29 is 19.7 Å².